The van der Waals surface area contributed by atoms with E-state index in [4.69, 9.17) is 9.47 Å². The summed E-state index contributed by atoms with van der Waals surface area (Å²) < 4.78 is 10.2. The molecule has 0 radical (unpaired) electrons. The van der Waals surface area contributed by atoms with E-state index in [9.17, 15) is 9.59 Å². The SMILES string of the molecule is CCCCCCCCCCCCCCCCCOC(=O)/C=C/C(=O)OC(C)CC. The van der Waals surface area contributed by atoms with Crippen molar-refractivity contribution in [2.24, 2.45) is 0 Å². The first-order valence-corrected chi connectivity index (χ1v) is 12.2. The maximum atomic E-state index is 11.5. The number of hydrogen-bond donors (Lipinski definition) is 0. The Labute approximate surface area is 179 Å². The lowest BCUT2D eigenvalue weighted by molar-refractivity contribution is -0.143. The van der Waals surface area contributed by atoms with Crippen molar-refractivity contribution in [1.29, 1.82) is 0 Å². The molecule has 170 valence electrons. The van der Waals surface area contributed by atoms with Crippen LogP contribution in [0.3, 0.4) is 0 Å². The molecule has 29 heavy (non-hydrogen) atoms. The normalized spacial score (nSPS) is 12.2. The quantitative estimate of drug-likeness (QED) is 0.120. The van der Waals surface area contributed by atoms with Crippen molar-refractivity contribution in [2.75, 3.05) is 6.61 Å². The van der Waals surface area contributed by atoms with Crippen LogP contribution >= 0.6 is 0 Å². The average molecular weight is 411 g/mol. The summed E-state index contributed by atoms with van der Waals surface area (Å²) in [5.41, 5.74) is 0. The van der Waals surface area contributed by atoms with Crippen molar-refractivity contribution < 1.29 is 19.1 Å². The van der Waals surface area contributed by atoms with E-state index >= 15 is 0 Å². The molecule has 0 aromatic heterocycles. The second-order valence-corrected chi connectivity index (χ2v) is 8.11. The minimum absolute atomic E-state index is 0.136. The molecule has 0 amide bonds. The van der Waals surface area contributed by atoms with E-state index in [1.807, 2.05) is 13.8 Å². The summed E-state index contributed by atoms with van der Waals surface area (Å²) >= 11 is 0. The zero-order valence-electron chi connectivity index (χ0n) is 19.4. The number of hydrogen-bond acceptors (Lipinski definition) is 4. The summed E-state index contributed by atoms with van der Waals surface area (Å²) in [6, 6.07) is 0. The highest BCUT2D eigenvalue weighted by Crippen LogP contribution is 2.13. The van der Waals surface area contributed by atoms with E-state index < -0.39 is 11.9 Å². The molecule has 0 aliphatic carbocycles. The Bertz CT molecular complexity index is 417. The van der Waals surface area contributed by atoms with Crippen LogP contribution in [0.15, 0.2) is 12.2 Å². The fourth-order valence-corrected chi connectivity index (χ4v) is 3.15. The van der Waals surface area contributed by atoms with Crippen molar-refractivity contribution >= 4 is 11.9 Å². The van der Waals surface area contributed by atoms with Crippen LogP contribution in [0.5, 0.6) is 0 Å². The summed E-state index contributed by atoms with van der Waals surface area (Å²) in [6.45, 7) is 6.44. The molecular formula is C25H46O4. The molecule has 0 bridgehead atoms. The molecule has 0 saturated heterocycles. The Morgan fingerprint density at radius 3 is 1.52 bits per heavy atom. The van der Waals surface area contributed by atoms with Crippen LogP contribution in [0.1, 0.15) is 124 Å². The first kappa shape index (κ1) is 27.7. The summed E-state index contributed by atoms with van der Waals surface area (Å²) in [6.07, 6.45) is 22.6. The first-order valence-electron chi connectivity index (χ1n) is 12.2. The second-order valence-electron chi connectivity index (χ2n) is 8.11. The van der Waals surface area contributed by atoms with Gasteiger partial charge in [-0.15, -0.1) is 0 Å². The van der Waals surface area contributed by atoms with Gasteiger partial charge in [-0.2, -0.15) is 0 Å². The van der Waals surface area contributed by atoms with Crippen LogP contribution in [-0.2, 0) is 19.1 Å². The molecular weight excluding hydrogens is 364 g/mol. The summed E-state index contributed by atoms with van der Waals surface area (Å²) in [5, 5.41) is 0. The van der Waals surface area contributed by atoms with Crippen molar-refractivity contribution in [1.82, 2.24) is 0 Å². The third-order valence-electron chi connectivity index (χ3n) is 5.24. The molecule has 4 heteroatoms. The summed E-state index contributed by atoms with van der Waals surface area (Å²) in [4.78, 5) is 23.0. The molecule has 4 nitrogen and oxygen atoms in total. The number of carbonyl (C=O) groups excluding carboxylic acids is 2. The monoisotopic (exact) mass is 410 g/mol. The topological polar surface area (TPSA) is 52.6 Å². The molecule has 0 saturated carbocycles. The summed E-state index contributed by atoms with van der Waals surface area (Å²) in [7, 11) is 0. The third kappa shape index (κ3) is 21.2. The maximum absolute atomic E-state index is 11.5. The van der Waals surface area contributed by atoms with Crippen molar-refractivity contribution in [3.05, 3.63) is 12.2 Å². The van der Waals surface area contributed by atoms with Crippen LogP contribution < -0.4 is 0 Å². The molecule has 0 aromatic rings. The van der Waals surface area contributed by atoms with E-state index in [1.54, 1.807) is 0 Å². The van der Waals surface area contributed by atoms with E-state index in [-0.39, 0.29) is 6.10 Å². The largest absolute Gasteiger partial charge is 0.463 e. The Morgan fingerprint density at radius 1 is 0.655 bits per heavy atom. The zero-order valence-corrected chi connectivity index (χ0v) is 19.4. The van der Waals surface area contributed by atoms with Gasteiger partial charge in [0, 0.05) is 12.2 Å². The van der Waals surface area contributed by atoms with Gasteiger partial charge < -0.3 is 9.47 Å². The van der Waals surface area contributed by atoms with E-state index in [2.05, 4.69) is 6.92 Å². The van der Waals surface area contributed by atoms with E-state index in [0.717, 1.165) is 31.4 Å². The molecule has 0 fully saturated rings. The molecule has 0 N–H and O–H groups in total. The summed E-state index contributed by atoms with van der Waals surface area (Å²) in [5.74, 6) is -0.972. The van der Waals surface area contributed by atoms with Crippen LogP contribution in [0, 0.1) is 0 Å². The molecule has 0 heterocycles. The fourth-order valence-electron chi connectivity index (χ4n) is 3.15. The lowest BCUT2D eigenvalue weighted by atomic mass is 10.0. The molecule has 0 aliphatic rings. The van der Waals surface area contributed by atoms with Gasteiger partial charge in [-0.3, -0.25) is 0 Å². The average Bonchev–Trinajstić information content (AvgIpc) is 2.71. The third-order valence-corrected chi connectivity index (χ3v) is 5.24. The maximum Gasteiger partial charge on any atom is 0.331 e. The number of carbonyl (C=O) groups is 2. The second kappa shape index (κ2) is 21.4. The Balaban J connectivity index is 3.32. The van der Waals surface area contributed by atoms with Gasteiger partial charge in [0.25, 0.3) is 0 Å². The minimum atomic E-state index is -0.497. The first-order chi connectivity index (χ1) is 14.1. The fraction of sp³-hybridized carbons (Fsp3) is 0.840. The Kier molecular flexibility index (Phi) is 20.4. The van der Waals surface area contributed by atoms with Gasteiger partial charge >= 0.3 is 11.9 Å². The van der Waals surface area contributed by atoms with Gasteiger partial charge in [0.05, 0.1) is 12.7 Å². The highest BCUT2D eigenvalue weighted by molar-refractivity contribution is 5.91. The van der Waals surface area contributed by atoms with Crippen molar-refractivity contribution in [3.63, 3.8) is 0 Å². The number of esters is 2. The van der Waals surface area contributed by atoms with Crippen molar-refractivity contribution in [3.8, 4) is 0 Å². The number of ether oxygens (including phenoxy) is 2. The Hall–Kier alpha value is -1.32. The van der Waals surface area contributed by atoms with Crippen LogP contribution in [0.25, 0.3) is 0 Å². The van der Waals surface area contributed by atoms with Gasteiger partial charge in [-0.25, -0.2) is 9.59 Å². The van der Waals surface area contributed by atoms with Gasteiger partial charge in [0.2, 0.25) is 0 Å². The lowest BCUT2D eigenvalue weighted by Crippen LogP contribution is -2.12. The standard InChI is InChI=1S/C25H46O4/c1-4-6-7-8-9-10-11-12-13-14-15-16-17-18-19-22-28-24(26)20-21-25(27)29-23(3)5-2/h20-21,23H,4-19,22H2,1-3H3/b21-20+. The Morgan fingerprint density at radius 2 is 1.07 bits per heavy atom. The minimum Gasteiger partial charge on any atom is -0.463 e. The van der Waals surface area contributed by atoms with Crippen LogP contribution in [-0.4, -0.2) is 24.6 Å². The van der Waals surface area contributed by atoms with Crippen LogP contribution in [0.4, 0.5) is 0 Å². The van der Waals surface area contributed by atoms with Gasteiger partial charge in [0.1, 0.15) is 0 Å². The van der Waals surface area contributed by atoms with Crippen molar-refractivity contribution in [2.45, 2.75) is 130 Å². The highest BCUT2D eigenvalue weighted by atomic mass is 16.5. The predicted octanol–water partition coefficient (Wildman–Crippen LogP) is 7.30. The van der Waals surface area contributed by atoms with E-state index in [1.165, 1.54) is 83.5 Å². The molecule has 1 atom stereocenters. The number of rotatable bonds is 20. The molecule has 0 aliphatic heterocycles. The molecule has 0 aromatic carbocycles. The zero-order chi connectivity index (χ0) is 21.6. The van der Waals surface area contributed by atoms with E-state index in [0.29, 0.717) is 6.61 Å². The molecule has 1 unspecified atom stereocenters. The lowest BCUT2D eigenvalue weighted by Gasteiger charge is -2.07. The van der Waals surface area contributed by atoms with Crippen LogP contribution in [0.2, 0.25) is 0 Å². The molecule has 0 rings (SSSR count). The predicted molar refractivity (Wildman–Crippen MR) is 121 cm³/mol. The van der Waals surface area contributed by atoms with Gasteiger partial charge in [0.15, 0.2) is 0 Å². The highest BCUT2D eigenvalue weighted by Gasteiger charge is 2.05. The number of unbranched alkanes of at least 4 members (excludes halogenated alkanes) is 14. The van der Waals surface area contributed by atoms with Gasteiger partial charge in [-0.1, -0.05) is 104 Å². The smallest absolute Gasteiger partial charge is 0.331 e. The molecule has 0 spiro atoms. The van der Waals surface area contributed by atoms with Gasteiger partial charge in [-0.05, 0) is 19.8 Å².